The van der Waals surface area contributed by atoms with E-state index in [1.807, 2.05) is 4.90 Å². The third kappa shape index (κ3) is 4.17. The average Bonchev–Trinajstić information content (AvgIpc) is 3.13. The minimum atomic E-state index is -3.58. The second-order valence-electron chi connectivity index (χ2n) is 7.65. The molecule has 0 spiro atoms. The number of amides is 1. The predicted octanol–water partition coefficient (Wildman–Crippen LogP) is 2.31. The van der Waals surface area contributed by atoms with Crippen molar-refractivity contribution in [1.29, 1.82) is 0 Å². The first-order valence-corrected chi connectivity index (χ1v) is 11.5. The number of likely N-dealkylation sites (tertiary alicyclic amines) is 1. The topological polar surface area (TPSA) is 96.6 Å². The highest BCUT2D eigenvalue weighted by molar-refractivity contribution is 7.89. The first-order chi connectivity index (χ1) is 13.8. The fourth-order valence-electron chi connectivity index (χ4n) is 3.86. The molecule has 0 radical (unpaired) electrons. The zero-order valence-corrected chi connectivity index (χ0v) is 17.7. The highest BCUT2D eigenvalue weighted by atomic mass is 35.5. The van der Waals surface area contributed by atoms with Crippen LogP contribution in [0.5, 0.6) is 0 Å². The van der Waals surface area contributed by atoms with Crippen LogP contribution in [0.4, 0.5) is 0 Å². The van der Waals surface area contributed by atoms with Gasteiger partial charge >= 0.3 is 0 Å². The van der Waals surface area contributed by atoms with Crippen molar-refractivity contribution in [3.8, 4) is 0 Å². The van der Waals surface area contributed by atoms with E-state index in [4.69, 9.17) is 16.1 Å². The molecule has 1 aromatic carbocycles. The van der Waals surface area contributed by atoms with Gasteiger partial charge in [-0.15, -0.1) is 0 Å². The van der Waals surface area contributed by atoms with Gasteiger partial charge in [0.25, 0.3) is 0 Å². The predicted molar refractivity (Wildman–Crippen MR) is 106 cm³/mol. The zero-order valence-electron chi connectivity index (χ0n) is 16.1. The maximum atomic E-state index is 12.7. The van der Waals surface area contributed by atoms with Crippen molar-refractivity contribution in [2.24, 2.45) is 5.92 Å². The second kappa shape index (κ2) is 8.04. The summed E-state index contributed by atoms with van der Waals surface area (Å²) in [4.78, 5) is 17.9. The van der Waals surface area contributed by atoms with Crippen molar-refractivity contribution >= 4 is 27.5 Å². The third-order valence-electron chi connectivity index (χ3n) is 5.63. The molecule has 2 aliphatic rings. The molecule has 29 heavy (non-hydrogen) atoms. The number of halogens is 1. The van der Waals surface area contributed by atoms with Gasteiger partial charge in [-0.05, 0) is 30.9 Å². The summed E-state index contributed by atoms with van der Waals surface area (Å²) in [5.41, 5.74) is 0. The van der Waals surface area contributed by atoms with E-state index < -0.39 is 10.0 Å². The van der Waals surface area contributed by atoms with Crippen molar-refractivity contribution < 1.29 is 17.7 Å². The van der Waals surface area contributed by atoms with E-state index in [-0.39, 0.29) is 27.7 Å². The normalized spacial score (nSPS) is 19.3. The number of carbonyl (C=O) groups excluding carboxylic acids is 1. The molecule has 2 saturated heterocycles. The summed E-state index contributed by atoms with van der Waals surface area (Å²) in [6.07, 6.45) is 2.20. The van der Waals surface area contributed by atoms with Crippen LogP contribution in [0, 0.1) is 5.92 Å². The number of aromatic nitrogens is 2. The number of sulfonamides is 1. The molecule has 3 heterocycles. The summed E-state index contributed by atoms with van der Waals surface area (Å²) in [7, 11) is -3.58. The Labute approximate surface area is 174 Å². The van der Waals surface area contributed by atoms with Gasteiger partial charge in [0.05, 0.1) is 5.02 Å². The molecule has 2 aromatic rings. The summed E-state index contributed by atoms with van der Waals surface area (Å²) in [5, 5.41) is 4.34. The van der Waals surface area contributed by atoms with E-state index in [1.54, 1.807) is 25.1 Å². The molecule has 1 amide bonds. The smallest absolute Gasteiger partial charge is 0.244 e. The van der Waals surface area contributed by atoms with E-state index in [1.165, 1.54) is 10.4 Å². The monoisotopic (exact) mass is 438 g/mol. The van der Waals surface area contributed by atoms with Crippen LogP contribution < -0.4 is 0 Å². The minimum Gasteiger partial charge on any atom is -0.343 e. The maximum absolute atomic E-state index is 12.7. The van der Waals surface area contributed by atoms with Gasteiger partial charge in [0.2, 0.25) is 21.8 Å². The lowest BCUT2D eigenvalue weighted by Gasteiger charge is -2.37. The van der Waals surface area contributed by atoms with Crippen molar-refractivity contribution in [2.75, 3.05) is 26.2 Å². The van der Waals surface area contributed by atoms with E-state index in [2.05, 4.69) is 10.1 Å². The van der Waals surface area contributed by atoms with Crippen LogP contribution >= 0.6 is 11.6 Å². The molecule has 1 aromatic heterocycles. The first-order valence-electron chi connectivity index (χ1n) is 9.67. The van der Waals surface area contributed by atoms with Crippen molar-refractivity contribution in [3.63, 3.8) is 0 Å². The van der Waals surface area contributed by atoms with E-state index in [0.717, 1.165) is 12.8 Å². The van der Waals surface area contributed by atoms with E-state index in [9.17, 15) is 13.2 Å². The van der Waals surface area contributed by atoms with Gasteiger partial charge in [0.15, 0.2) is 5.82 Å². The minimum absolute atomic E-state index is 0.0959. The lowest BCUT2D eigenvalue weighted by Crippen LogP contribution is -2.50. The molecule has 156 valence electrons. The molecule has 0 bridgehead atoms. The van der Waals surface area contributed by atoms with Gasteiger partial charge in [-0.25, -0.2) is 8.42 Å². The van der Waals surface area contributed by atoms with Crippen LogP contribution in [-0.4, -0.2) is 59.8 Å². The van der Waals surface area contributed by atoms with Crippen molar-refractivity contribution in [1.82, 2.24) is 19.3 Å². The Balaban J connectivity index is 1.31. The van der Waals surface area contributed by atoms with Crippen LogP contribution in [-0.2, 0) is 21.2 Å². The maximum Gasteiger partial charge on any atom is 0.244 e. The lowest BCUT2D eigenvalue weighted by molar-refractivity contribution is -0.129. The molecule has 0 unspecified atom stereocenters. The molecule has 0 atom stereocenters. The zero-order chi connectivity index (χ0) is 20.6. The number of carbonyl (C=O) groups is 1. The number of hydrogen-bond acceptors (Lipinski definition) is 6. The third-order valence-corrected chi connectivity index (χ3v) is 7.96. The first kappa shape index (κ1) is 20.3. The summed E-state index contributed by atoms with van der Waals surface area (Å²) >= 11 is 6.04. The molecule has 8 nitrogen and oxygen atoms in total. The van der Waals surface area contributed by atoms with Crippen LogP contribution in [0.25, 0.3) is 0 Å². The summed E-state index contributed by atoms with van der Waals surface area (Å²) < 4.78 is 32.2. The molecule has 10 heteroatoms. The Bertz CT molecular complexity index is 995. The Morgan fingerprint density at radius 3 is 2.59 bits per heavy atom. The number of piperidine rings is 1. The van der Waals surface area contributed by atoms with Crippen LogP contribution in [0.2, 0.25) is 5.02 Å². The number of benzene rings is 1. The van der Waals surface area contributed by atoms with E-state index in [0.29, 0.717) is 44.3 Å². The molecular formula is C19H23ClN4O4S. The van der Waals surface area contributed by atoms with Gasteiger partial charge in [-0.1, -0.05) is 28.9 Å². The summed E-state index contributed by atoms with van der Waals surface area (Å²) in [5.74, 6) is 1.65. The molecule has 2 aliphatic heterocycles. The highest BCUT2D eigenvalue weighted by Crippen LogP contribution is 2.31. The number of rotatable bonds is 5. The van der Waals surface area contributed by atoms with Crippen molar-refractivity contribution in [3.05, 3.63) is 41.0 Å². The molecule has 2 fully saturated rings. The Morgan fingerprint density at radius 1 is 1.24 bits per heavy atom. The van der Waals surface area contributed by atoms with Gasteiger partial charge in [-0.2, -0.15) is 9.29 Å². The fourth-order valence-corrected chi connectivity index (χ4v) is 5.94. The molecule has 0 N–H and O–H groups in total. The Hall–Kier alpha value is -1.97. The SMILES string of the molecule is CC(=O)N1CCC(c2noc(CC3CN(S(=O)(=O)c4ccccc4Cl)C3)n2)CC1. The van der Waals surface area contributed by atoms with Crippen LogP contribution in [0.3, 0.4) is 0 Å². The number of hydrogen-bond donors (Lipinski definition) is 0. The standard InChI is InChI=1S/C19H23ClN4O4S/c1-13(25)23-8-6-15(7-9-23)19-21-18(28-22-19)10-14-11-24(12-14)29(26,27)17-5-3-2-4-16(17)20/h2-5,14-15H,6-12H2,1H3. The highest BCUT2D eigenvalue weighted by Gasteiger charge is 2.38. The van der Waals surface area contributed by atoms with Crippen LogP contribution in [0.15, 0.2) is 33.7 Å². The Morgan fingerprint density at radius 2 is 1.93 bits per heavy atom. The quantitative estimate of drug-likeness (QED) is 0.710. The summed E-state index contributed by atoms with van der Waals surface area (Å²) in [6.45, 7) is 3.81. The fraction of sp³-hybridized carbons (Fsp3) is 0.526. The lowest BCUT2D eigenvalue weighted by atomic mass is 9.96. The Kier molecular flexibility index (Phi) is 5.63. The molecule has 0 aliphatic carbocycles. The summed E-state index contributed by atoms with van der Waals surface area (Å²) in [6, 6.07) is 6.47. The molecule has 0 saturated carbocycles. The van der Waals surface area contributed by atoms with Gasteiger partial charge < -0.3 is 9.42 Å². The van der Waals surface area contributed by atoms with Crippen LogP contribution in [0.1, 0.15) is 37.4 Å². The number of nitrogens with zero attached hydrogens (tertiary/aromatic N) is 4. The average molecular weight is 439 g/mol. The molecular weight excluding hydrogens is 416 g/mol. The second-order valence-corrected chi connectivity index (χ2v) is 9.96. The van der Waals surface area contributed by atoms with Gasteiger partial charge in [-0.3, -0.25) is 4.79 Å². The largest absolute Gasteiger partial charge is 0.343 e. The van der Waals surface area contributed by atoms with E-state index >= 15 is 0 Å². The molecule has 4 rings (SSSR count). The van der Waals surface area contributed by atoms with Gasteiger partial charge in [0.1, 0.15) is 4.90 Å². The van der Waals surface area contributed by atoms with Crippen molar-refractivity contribution in [2.45, 2.75) is 37.0 Å². The van der Waals surface area contributed by atoms with Gasteiger partial charge in [0, 0.05) is 45.4 Å².